The lowest BCUT2D eigenvalue weighted by Gasteiger charge is -2.43. The number of carboxylic acid groups (broad SMARTS) is 1. The molecule has 2 aromatic heterocycles. The number of morpholine rings is 1. The zero-order valence-electron chi connectivity index (χ0n) is 16.4. The molecule has 3 heterocycles. The zero-order valence-corrected chi connectivity index (χ0v) is 16.4. The number of H-pyrrole nitrogens is 1. The normalized spacial score (nSPS) is 18.8. The highest BCUT2D eigenvalue weighted by atomic mass is 19.1. The summed E-state index contributed by atoms with van der Waals surface area (Å²) in [6.07, 6.45) is 0.203. The Kier molecular flexibility index (Phi) is 4.66. The number of halogens is 1. The quantitative estimate of drug-likeness (QED) is 0.689. The fraction of sp³-hybridized carbons (Fsp3) is 0.333. The summed E-state index contributed by atoms with van der Waals surface area (Å²) in [6.45, 7) is 4.14. The summed E-state index contributed by atoms with van der Waals surface area (Å²) in [7, 11) is 1.54. The van der Waals surface area contributed by atoms with Crippen molar-refractivity contribution in [3.05, 3.63) is 48.0 Å². The first kappa shape index (κ1) is 19.2. The van der Waals surface area contributed by atoms with Gasteiger partial charge >= 0.3 is 6.09 Å². The predicted molar refractivity (Wildman–Crippen MR) is 106 cm³/mol. The summed E-state index contributed by atoms with van der Waals surface area (Å²) in [5, 5.41) is 10.3. The molecule has 0 spiro atoms. The number of aromatic nitrogens is 2. The average molecular weight is 399 g/mol. The number of benzene rings is 1. The standard InChI is InChI=1S/C21H22FN3O4/c1-21(2)11-29-18(10-25(21)20(26)27)16-9-15-13(6-7-23-19(15)24-16)14-8-12(22)4-5-17(14)28-3/h4-9,18H,10-11H2,1-3H3,(H,23,24)(H,26,27). The van der Waals surface area contributed by atoms with Crippen molar-refractivity contribution in [3.8, 4) is 16.9 Å². The largest absolute Gasteiger partial charge is 0.496 e. The smallest absolute Gasteiger partial charge is 0.407 e. The van der Waals surface area contributed by atoms with Crippen LogP contribution in [0.1, 0.15) is 25.6 Å². The molecule has 2 N–H and O–H groups in total. The van der Waals surface area contributed by atoms with Gasteiger partial charge in [-0.2, -0.15) is 0 Å². The fourth-order valence-corrected chi connectivity index (χ4v) is 3.72. The van der Waals surface area contributed by atoms with Gasteiger partial charge in [0.2, 0.25) is 0 Å². The van der Waals surface area contributed by atoms with E-state index < -0.39 is 17.7 Å². The van der Waals surface area contributed by atoms with Crippen LogP contribution in [0.25, 0.3) is 22.2 Å². The number of rotatable bonds is 3. The van der Waals surface area contributed by atoms with Crippen LogP contribution in [0, 0.1) is 5.82 Å². The molecule has 1 aromatic carbocycles. The van der Waals surface area contributed by atoms with Gasteiger partial charge in [-0.05, 0) is 49.7 Å². The van der Waals surface area contributed by atoms with Gasteiger partial charge in [-0.15, -0.1) is 0 Å². The number of pyridine rings is 1. The fourth-order valence-electron chi connectivity index (χ4n) is 3.72. The summed E-state index contributed by atoms with van der Waals surface area (Å²) < 4.78 is 25.2. The summed E-state index contributed by atoms with van der Waals surface area (Å²) in [4.78, 5) is 20.6. The second-order valence-electron chi connectivity index (χ2n) is 7.70. The molecule has 8 heteroatoms. The number of aromatic amines is 1. The van der Waals surface area contributed by atoms with Crippen molar-refractivity contribution < 1.29 is 23.8 Å². The van der Waals surface area contributed by atoms with Gasteiger partial charge in [-0.3, -0.25) is 4.90 Å². The van der Waals surface area contributed by atoms with Crippen molar-refractivity contribution in [2.75, 3.05) is 20.3 Å². The van der Waals surface area contributed by atoms with Crippen molar-refractivity contribution in [2.45, 2.75) is 25.5 Å². The number of ether oxygens (including phenoxy) is 2. The summed E-state index contributed by atoms with van der Waals surface area (Å²) in [5.41, 5.74) is 2.10. The van der Waals surface area contributed by atoms with Gasteiger partial charge in [0.25, 0.3) is 0 Å². The molecule has 1 unspecified atom stereocenters. The molecule has 152 valence electrons. The third-order valence-electron chi connectivity index (χ3n) is 5.30. The average Bonchev–Trinajstić information content (AvgIpc) is 3.11. The lowest BCUT2D eigenvalue weighted by molar-refractivity contribution is -0.0889. The van der Waals surface area contributed by atoms with Crippen LogP contribution in [-0.2, 0) is 4.74 Å². The highest BCUT2D eigenvalue weighted by Gasteiger charge is 2.39. The van der Waals surface area contributed by atoms with E-state index in [1.807, 2.05) is 19.9 Å². The van der Waals surface area contributed by atoms with Gasteiger partial charge in [0.1, 0.15) is 23.3 Å². The molecule has 0 radical (unpaired) electrons. The molecule has 1 aliphatic rings. The molecule has 4 rings (SSSR count). The van der Waals surface area contributed by atoms with E-state index in [2.05, 4.69) is 9.97 Å². The van der Waals surface area contributed by atoms with Crippen molar-refractivity contribution in [2.24, 2.45) is 0 Å². The van der Waals surface area contributed by atoms with Crippen molar-refractivity contribution in [1.29, 1.82) is 0 Å². The number of amides is 1. The molecule has 1 saturated heterocycles. The monoisotopic (exact) mass is 399 g/mol. The Balaban J connectivity index is 1.76. The molecule has 7 nitrogen and oxygen atoms in total. The molecule has 1 fully saturated rings. The van der Waals surface area contributed by atoms with Crippen LogP contribution in [0.5, 0.6) is 5.75 Å². The van der Waals surface area contributed by atoms with Crippen LogP contribution < -0.4 is 4.74 Å². The van der Waals surface area contributed by atoms with Crippen LogP contribution in [-0.4, -0.2) is 51.9 Å². The Morgan fingerprint density at radius 2 is 2.14 bits per heavy atom. The van der Waals surface area contributed by atoms with E-state index >= 15 is 0 Å². The number of methoxy groups -OCH3 is 1. The van der Waals surface area contributed by atoms with E-state index in [0.717, 1.165) is 16.6 Å². The van der Waals surface area contributed by atoms with Gasteiger partial charge in [-0.1, -0.05) is 0 Å². The zero-order chi connectivity index (χ0) is 20.8. The predicted octanol–water partition coefficient (Wildman–Crippen LogP) is 4.21. The molecule has 1 atom stereocenters. The highest BCUT2D eigenvalue weighted by molar-refractivity contribution is 5.95. The first-order valence-corrected chi connectivity index (χ1v) is 9.24. The second kappa shape index (κ2) is 7.04. The number of hydrogen-bond acceptors (Lipinski definition) is 4. The Bertz CT molecular complexity index is 1080. The van der Waals surface area contributed by atoms with Gasteiger partial charge in [0.15, 0.2) is 0 Å². The number of fused-ring (bicyclic) bond motifs is 1. The van der Waals surface area contributed by atoms with Gasteiger partial charge in [0, 0.05) is 22.8 Å². The number of nitrogens with one attached hydrogen (secondary N) is 1. The number of nitrogens with zero attached hydrogens (tertiary/aromatic N) is 2. The van der Waals surface area contributed by atoms with E-state index in [0.29, 0.717) is 17.0 Å². The minimum absolute atomic E-state index is 0.202. The Morgan fingerprint density at radius 3 is 2.86 bits per heavy atom. The first-order chi connectivity index (χ1) is 13.8. The third kappa shape index (κ3) is 3.40. The number of hydrogen-bond donors (Lipinski definition) is 2. The van der Waals surface area contributed by atoms with E-state index in [1.54, 1.807) is 18.3 Å². The summed E-state index contributed by atoms with van der Waals surface area (Å²) >= 11 is 0. The molecular formula is C21H22FN3O4. The first-order valence-electron chi connectivity index (χ1n) is 9.24. The highest BCUT2D eigenvalue weighted by Crippen LogP contribution is 2.37. The number of carbonyl (C=O) groups is 1. The van der Waals surface area contributed by atoms with Crippen LogP contribution in [0.4, 0.5) is 9.18 Å². The lowest BCUT2D eigenvalue weighted by atomic mass is 10.00. The minimum Gasteiger partial charge on any atom is -0.496 e. The van der Waals surface area contributed by atoms with Crippen LogP contribution in [0.2, 0.25) is 0 Å². The van der Waals surface area contributed by atoms with Crippen LogP contribution in [0.3, 0.4) is 0 Å². The van der Waals surface area contributed by atoms with E-state index in [9.17, 15) is 14.3 Å². The molecule has 0 aliphatic carbocycles. The maximum absolute atomic E-state index is 13.9. The lowest BCUT2D eigenvalue weighted by Crippen LogP contribution is -2.55. The molecule has 0 bridgehead atoms. The molecule has 29 heavy (non-hydrogen) atoms. The van der Waals surface area contributed by atoms with Crippen LogP contribution >= 0.6 is 0 Å². The SMILES string of the molecule is COc1ccc(F)cc1-c1ccnc2[nH]c(C3CN(C(=O)O)C(C)(C)CO3)cc12. The van der Waals surface area contributed by atoms with Crippen molar-refractivity contribution >= 4 is 17.1 Å². The van der Waals surface area contributed by atoms with Gasteiger partial charge in [0.05, 0.1) is 25.8 Å². The van der Waals surface area contributed by atoms with Crippen molar-refractivity contribution in [3.63, 3.8) is 0 Å². The molecule has 1 amide bonds. The maximum Gasteiger partial charge on any atom is 0.407 e. The molecular weight excluding hydrogens is 377 g/mol. The Hall–Kier alpha value is -3.13. The Morgan fingerprint density at radius 1 is 1.34 bits per heavy atom. The van der Waals surface area contributed by atoms with E-state index in [1.165, 1.54) is 24.1 Å². The summed E-state index contributed by atoms with van der Waals surface area (Å²) in [5.74, 6) is 0.186. The van der Waals surface area contributed by atoms with Gasteiger partial charge in [-0.25, -0.2) is 14.2 Å². The van der Waals surface area contributed by atoms with E-state index in [4.69, 9.17) is 9.47 Å². The Labute approximate surface area is 167 Å². The van der Waals surface area contributed by atoms with Gasteiger partial charge < -0.3 is 19.6 Å². The topological polar surface area (TPSA) is 87.7 Å². The third-order valence-corrected chi connectivity index (χ3v) is 5.30. The van der Waals surface area contributed by atoms with E-state index in [-0.39, 0.29) is 19.0 Å². The molecule has 1 aliphatic heterocycles. The van der Waals surface area contributed by atoms with Crippen LogP contribution in [0.15, 0.2) is 36.5 Å². The maximum atomic E-state index is 13.9. The minimum atomic E-state index is -0.984. The molecule has 3 aromatic rings. The summed E-state index contributed by atoms with van der Waals surface area (Å²) in [6, 6.07) is 8.03. The molecule has 0 saturated carbocycles. The second-order valence-corrected chi connectivity index (χ2v) is 7.70. The van der Waals surface area contributed by atoms with Crippen molar-refractivity contribution in [1.82, 2.24) is 14.9 Å².